The van der Waals surface area contributed by atoms with E-state index in [9.17, 15) is 27.9 Å². The minimum Gasteiger partial charge on any atom is -0.494 e. The number of para-hydroxylation sites is 1. The Balaban J connectivity index is 1.19. The topological polar surface area (TPSA) is 128 Å². The molecular formula is C37H35F3N6O4. The molecule has 10 nitrogen and oxygen atoms in total. The number of halogens is 3. The van der Waals surface area contributed by atoms with Crippen LogP contribution in [0.3, 0.4) is 0 Å². The molecule has 2 amide bonds. The second-order valence-corrected chi connectivity index (χ2v) is 14.2. The number of nitrogens with two attached hydrogens (primary N) is 1. The number of aryl methyl sites for hydroxylation is 1. The number of anilines is 1. The van der Waals surface area contributed by atoms with Crippen molar-refractivity contribution >= 4 is 39.4 Å². The molecule has 5 aromatic rings. The van der Waals surface area contributed by atoms with Crippen molar-refractivity contribution in [1.29, 1.82) is 0 Å². The molecule has 13 heteroatoms. The molecule has 4 heterocycles. The molecule has 2 bridgehead atoms. The van der Waals surface area contributed by atoms with Crippen LogP contribution in [-0.2, 0) is 24.0 Å². The number of nitrogens with one attached hydrogen (secondary N) is 1. The van der Waals surface area contributed by atoms with Crippen molar-refractivity contribution in [1.82, 2.24) is 19.0 Å². The van der Waals surface area contributed by atoms with Gasteiger partial charge in [-0.15, -0.1) is 0 Å². The van der Waals surface area contributed by atoms with Crippen molar-refractivity contribution < 1.29 is 32.6 Å². The predicted molar refractivity (Wildman–Crippen MR) is 180 cm³/mol. The van der Waals surface area contributed by atoms with Crippen LogP contribution in [-0.4, -0.2) is 67.9 Å². The second-order valence-electron chi connectivity index (χ2n) is 14.2. The van der Waals surface area contributed by atoms with Gasteiger partial charge in [-0.05, 0) is 73.4 Å². The number of imidazole rings is 1. The normalized spacial score (nSPS) is 24.4. The van der Waals surface area contributed by atoms with Crippen LogP contribution < -0.4 is 15.8 Å². The number of hydrogen-bond acceptors (Lipinski definition) is 6. The highest BCUT2D eigenvalue weighted by Crippen LogP contribution is 2.49. The molecule has 3 aromatic carbocycles. The molecule has 1 unspecified atom stereocenters. The molecule has 4 N–H and O–H groups in total. The number of fused-ring (bicyclic) bond motifs is 5. The van der Waals surface area contributed by atoms with Crippen LogP contribution in [0.1, 0.15) is 41.6 Å². The number of aromatic nitrogens is 3. The van der Waals surface area contributed by atoms with Crippen molar-refractivity contribution in [3.63, 3.8) is 0 Å². The van der Waals surface area contributed by atoms with Gasteiger partial charge in [0.25, 0.3) is 17.4 Å². The van der Waals surface area contributed by atoms with Gasteiger partial charge < -0.3 is 34.9 Å². The molecule has 4 aliphatic rings. The van der Waals surface area contributed by atoms with Crippen LogP contribution >= 0.6 is 0 Å². The fraction of sp³-hybridized carbons (Fsp3) is 0.378. The Kier molecular flexibility index (Phi) is 6.58. The Morgan fingerprint density at radius 3 is 2.58 bits per heavy atom. The molecule has 0 spiro atoms. The van der Waals surface area contributed by atoms with Gasteiger partial charge in [-0.2, -0.15) is 13.2 Å². The third-order valence-electron chi connectivity index (χ3n) is 11.3. The molecule has 258 valence electrons. The molecule has 2 aromatic heterocycles. The van der Waals surface area contributed by atoms with Gasteiger partial charge in [-0.25, -0.2) is 4.98 Å². The van der Waals surface area contributed by atoms with Crippen LogP contribution in [0, 0.1) is 11.8 Å². The third-order valence-corrected chi connectivity index (χ3v) is 11.3. The number of benzene rings is 3. The Morgan fingerprint density at radius 2 is 1.90 bits per heavy atom. The molecule has 4 atom stereocenters. The highest BCUT2D eigenvalue weighted by molar-refractivity contribution is 6.07. The zero-order chi connectivity index (χ0) is 34.9. The summed E-state index contributed by atoms with van der Waals surface area (Å²) in [7, 11) is 3.47. The number of nitrogens with zero attached hydrogens (tertiary/aromatic N) is 4. The lowest BCUT2D eigenvalue weighted by Crippen LogP contribution is -2.47. The summed E-state index contributed by atoms with van der Waals surface area (Å²) in [5.74, 6) is 0.295. The quantitative estimate of drug-likeness (QED) is 0.216. The van der Waals surface area contributed by atoms with Crippen LogP contribution in [0.25, 0.3) is 44.6 Å². The largest absolute Gasteiger partial charge is 0.494 e. The monoisotopic (exact) mass is 684 g/mol. The van der Waals surface area contributed by atoms with E-state index < -0.39 is 23.2 Å². The first-order valence-electron chi connectivity index (χ1n) is 16.9. The molecule has 2 aliphatic heterocycles. The third kappa shape index (κ3) is 4.32. The fourth-order valence-electron chi connectivity index (χ4n) is 8.49. The number of hydrogen-bond donors (Lipinski definition) is 3. The van der Waals surface area contributed by atoms with Gasteiger partial charge in [0.2, 0.25) is 0 Å². The van der Waals surface area contributed by atoms with Gasteiger partial charge in [0, 0.05) is 60.0 Å². The van der Waals surface area contributed by atoms with E-state index in [0.29, 0.717) is 58.7 Å². The number of rotatable bonds is 6. The van der Waals surface area contributed by atoms with Gasteiger partial charge >= 0.3 is 6.18 Å². The zero-order valence-electron chi connectivity index (χ0n) is 27.4. The van der Waals surface area contributed by atoms with Gasteiger partial charge in [0.15, 0.2) is 5.82 Å². The summed E-state index contributed by atoms with van der Waals surface area (Å²) in [6.07, 6.45) is -1.16. The van der Waals surface area contributed by atoms with Gasteiger partial charge in [-0.3, -0.25) is 9.59 Å². The SMILES string of the molecule is COc1cc(C(=O)N2C[C@H]3CC[C@@H]2[C@@H]3N)cc2nc(-c3cc4cccc(-c5ccc6c(c5)C(O)(C(F)(F)F)C(=O)N6)c4n3CC3CC3)n(C)c12. The molecule has 3 fully saturated rings. The summed E-state index contributed by atoms with van der Waals surface area (Å²) in [5, 5.41) is 13.7. The Morgan fingerprint density at radius 1 is 1.10 bits per heavy atom. The number of amides is 2. The predicted octanol–water partition coefficient (Wildman–Crippen LogP) is 5.54. The Labute approximate surface area is 284 Å². The van der Waals surface area contributed by atoms with E-state index in [1.165, 1.54) is 12.1 Å². The first-order chi connectivity index (χ1) is 23.9. The van der Waals surface area contributed by atoms with Crippen molar-refractivity contribution in [2.75, 3.05) is 19.0 Å². The molecule has 9 rings (SSSR count). The number of methoxy groups -OCH3 is 1. The standard InChI is InChI=1S/C37H35F3N6O4/c1-44-32-26(13-22(15-29(32)50-2)34(47)46-17-21-9-11-27(46)30(21)41)42-33(44)28-14-20-4-3-5-23(31(20)45(28)16-18-6-7-18)19-8-10-25-24(12-19)36(49,35(48)43-25)37(38,39)40/h3-5,8,10,12-15,18,21,27,30,49H,6-7,9,11,16-17,41H2,1-2H3,(H,43,48)/t21-,27-,30-,36?/m1/s1. The first kappa shape index (κ1) is 31.1. The lowest BCUT2D eigenvalue weighted by molar-refractivity contribution is -0.252. The number of carbonyl (C=O) groups is 2. The van der Waals surface area contributed by atoms with Crippen molar-refractivity contribution in [2.45, 2.75) is 56.1 Å². The van der Waals surface area contributed by atoms with E-state index in [1.807, 2.05) is 46.8 Å². The van der Waals surface area contributed by atoms with E-state index in [-0.39, 0.29) is 23.7 Å². The van der Waals surface area contributed by atoms with Crippen LogP contribution in [0.15, 0.2) is 54.6 Å². The smallest absolute Gasteiger partial charge is 0.430 e. The molecule has 1 saturated heterocycles. The molecule has 2 aliphatic carbocycles. The fourth-order valence-corrected chi connectivity index (χ4v) is 8.49. The molecule has 2 saturated carbocycles. The Hall–Kier alpha value is -4.88. The van der Waals surface area contributed by atoms with E-state index in [1.54, 1.807) is 19.2 Å². The van der Waals surface area contributed by atoms with E-state index >= 15 is 0 Å². The number of ether oxygens (including phenoxy) is 1. The lowest BCUT2D eigenvalue weighted by Gasteiger charge is -2.27. The maximum atomic E-state index is 14.1. The molecule has 0 radical (unpaired) electrons. The summed E-state index contributed by atoms with van der Waals surface area (Å²) >= 11 is 0. The highest BCUT2D eigenvalue weighted by Gasteiger charge is 2.64. The molecule has 50 heavy (non-hydrogen) atoms. The van der Waals surface area contributed by atoms with Crippen molar-refractivity contribution in [2.24, 2.45) is 24.6 Å². The van der Waals surface area contributed by atoms with Gasteiger partial charge in [0.05, 0.1) is 23.8 Å². The lowest BCUT2D eigenvalue weighted by atomic mass is 9.91. The molecular weight excluding hydrogens is 649 g/mol. The number of likely N-dealkylation sites (tertiary alicyclic amines) is 1. The Bertz CT molecular complexity index is 2270. The number of alkyl halides is 3. The van der Waals surface area contributed by atoms with E-state index in [4.69, 9.17) is 15.5 Å². The first-order valence-corrected chi connectivity index (χ1v) is 16.9. The summed E-state index contributed by atoms with van der Waals surface area (Å²) in [5.41, 5.74) is 6.66. The van der Waals surface area contributed by atoms with Crippen molar-refractivity contribution in [3.05, 3.63) is 65.7 Å². The minimum atomic E-state index is -5.21. The summed E-state index contributed by atoms with van der Waals surface area (Å²) in [6, 6.07) is 15.5. The van der Waals surface area contributed by atoms with Gasteiger partial charge in [0.1, 0.15) is 11.3 Å². The van der Waals surface area contributed by atoms with E-state index in [0.717, 1.165) is 47.8 Å². The number of piperidine rings is 1. The zero-order valence-corrected chi connectivity index (χ0v) is 27.4. The van der Waals surface area contributed by atoms with Gasteiger partial charge in [-0.1, -0.05) is 24.3 Å². The summed E-state index contributed by atoms with van der Waals surface area (Å²) < 4.78 is 52.2. The van der Waals surface area contributed by atoms with Crippen LogP contribution in [0.4, 0.5) is 18.9 Å². The van der Waals surface area contributed by atoms with Crippen molar-refractivity contribution in [3.8, 4) is 28.4 Å². The highest BCUT2D eigenvalue weighted by atomic mass is 19.4. The average molecular weight is 685 g/mol. The second kappa shape index (κ2) is 10.6. The summed E-state index contributed by atoms with van der Waals surface area (Å²) in [4.78, 5) is 33.1. The van der Waals surface area contributed by atoms with Crippen LogP contribution in [0.5, 0.6) is 5.75 Å². The number of carbonyl (C=O) groups excluding carboxylic acids is 2. The minimum absolute atomic E-state index is 0.00362. The summed E-state index contributed by atoms with van der Waals surface area (Å²) in [6.45, 7) is 1.31. The van der Waals surface area contributed by atoms with E-state index in [2.05, 4.69) is 9.88 Å². The van der Waals surface area contributed by atoms with Crippen LogP contribution in [0.2, 0.25) is 0 Å². The maximum Gasteiger partial charge on any atom is 0.430 e. The maximum absolute atomic E-state index is 14.1. The number of aliphatic hydroxyl groups is 1. The average Bonchev–Trinajstić information content (AvgIpc) is 3.30.